The number of para-hydroxylation sites is 2. The summed E-state index contributed by atoms with van der Waals surface area (Å²) in [6.45, 7) is 4.91. The Balaban J connectivity index is 1.05. The summed E-state index contributed by atoms with van der Waals surface area (Å²) in [7, 11) is 0. The van der Waals surface area contributed by atoms with Crippen molar-refractivity contribution >= 4 is 39.1 Å². The molecular formula is C34H41N5O. The van der Waals surface area contributed by atoms with Crippen molar-refractivity contribution in [2.45, 2.75) is 71.1 Å². The molecule has 6 nitrogen and oxygen atoms in total. The molecule has 208 valence electrons. The highest BCUT2D eigenvalue weighted by atomic mass is 16.2. The topological polar surface area (TPSA) is 70.2 Å². The number of carbonyl (C=O) groups is 1. The van der Waals surface area contributed by atoms with E-state index in [1.54, 1.807) is 6.92 Å². The fraction of sp³-hybridized carbons (Fsp3) is 0.441. The van der Waals surface area contributed by atoms with E-state index >= 15 is 0 Å². The summed E-state index contributed by atoms with van der Waals surface area (Å²) >= 11 is 0. The smallest absolute Gasteiger partial charge is 0.219 e. The van der Waals surface area contributed by atoms with Crippen molar-refractivity contribution in [1.29, 1.82) is 0 Å². The lowest BCUT2D eigenvalue weighted by Crippen LogP contribution is -2.32. The number of benzene rings is 2. The number of anilines is 2. The predicted octanol–water partition coefficient (Wildman–Crippen LogP) is 6.69. The maximum atomic E-state index is 12.5. The second kappa shape index (κ2) is 12.2. The van der Waals surface area contributed by atoms with Crippen molar-refractivity contribution < 1.29 is 4.79 Å². The number of hydrogen-bond donors (Lipinski definition) is 2. The van der Waals surface area contributed by atoms with Gasteiger partial charge in [0.05, 0.1) is 11.0 Å². The number of fused-ring (bicyclic) bond motifs is 4. The van der Waals surface area contributed by atoms with Crippen molar-refractivity contribution in [1.82, 2.24) is 14.9 Å². The lowest BCUT2D eigenvalue weighted by atomic mass is 9.92. The van der Waals surface area contributed by atoms with E-state index in [-0.39, 0.29) is 5.91 Å². The molecule has 0 aliphatic heterocycles. The van der Waals surface area contributed by atoms with Gasteiger partial charge in [0, 0.05) is 66.6 Å². The van der Waals surface area contributed by atoms with E-state index in [4.69, 9.17) is 9.97 Å². The van der Waals surface area contributed by atoms with Crippen molar-refractivity contribution in [2.24, 2.45) is 0 Å². The van der Waals surface area contributed by atoms with Crippen LogP contribution in [-0.4, -0.2) is 47.0 Å². The van der Waals surface area contributed by atoms with Gasteiger partial charge in [-0.05, 0) is 87.5 Å². The summed E-state index contributed by atoms with van der Waals surface area (Å²) in [4.78, 5) is 24.4. The van der Waals surface area contributed by atoms with Crippen LogP contribution < -0.4 is 10.6 Å². The minimum atomic E-state index is 0.151. The van der Waals surface area contributed by atoms with Crippen LogP contribution in [0.4, 0.5) is 11.4 Å². The monoisotopic (exact) mass is 535 g/mol. The highest BCUT2D eigenvalue weighted by Gasteiger charge is 2.19. The first-order valence-corrected chi connectivity index (χ1v) is 15.2. The van der Waals surface area contributed by atoms with Gasteiger partial charge in [0.2, 0.25) is 5.91 Å². The highest BCUT2D eigenvalue weighted by Crippen LogP contribution is 2.34. The van der Waals surface area contributed by atoms with Gasteiger partial charge in [-0.25, -0.2) is 0 Å². The second-order valence-electron chi connectivity index (χ2n) is 11.3. The average Bonchev–Trinajstić information content (AvgIpc) is 2.99. The number of aromatic nitrogens is 2. The fourth-order valence-electron chi connectivity index (χ4n) is 6.54. The lowest BCUT2D eigenvalue weighted by Gasteiger charge is -2.24. The van der Waals surface area contributed by atoms with Crippen LogP contribution in [0.15, 0.2) is 48.5 Å². The standard InChI is InChI=1S/C34H41N5O/c1-24(40)39(22-10-20-35-33-25-12-2-6-16-29(25)37-30-17-7-3-13-26(30)33)23-11-21-36-34-27-14-4-8-18-31(27)38-32-19-9-5-15-28(32)34/h2,4,6,8,12,14,16,18H,3,5,7,9-11,13,15,17,19-23H2,1H3,(H,35,37)(H,36,38). The Labute approximate surface area is 237 Å². The van der Waals surface area contributed by atoms with Crippen molar-refractivity contribution in [2.75, 3.05) is 36.8 Å². The largest absolute Gasteiger partial charge is 0.384 e. The van der Waals surface area contributed by atoms with Crippen LogP contribution in [0.5, 0.6) is 0 Å². The number of hydrogen-bond acceptors (Lipinski definition) is 5. The Morgan fingerprint density at radius 3 is 1.62 bits per heavy atom. The summed E-state index contributed by atoms with van der Waals surface area (Å²) in [5.74, 6) is 0.151. The number of pyridine rings is 2. The molecule has 0 bridgehead atoms. The van der Waals surface area contributed by atoms with Crippen LogP contribution in [0, 0.1) is 0 Å². The second-order valence-corrected chi connectivity index (χ2v) is 11.3. The molecule has 2 aliphatic carbocycles. The van der Waals surface area contributed by atoms with Gasteiger partial charge in [-0.3, -0.25) is 14.8 Å². The molecule has 0 saturated carbocycles. The van der Waals surface area contributed by atoms with E-state index in [1.165, 1.54) is 70.3 Å². The van der Waals surface area contributed by atoms with Gasteiger partial charge in [0.1, 0.15) is 0 Å². The van der Waals surface area contributed by atoms with Crippen LogP contribution in [0.3, 0.4) is 0 Å². The third-order valence-electron chi connectivity index (χ3n) is 8.60. The summed E-state index contributed by atoms with van der Waals surface area (Å²) in [5.41, 5.74) is 9.97. The predicted molar refractivity (Wildman–Crippen MR) is 165 cm³/mol. The highest BCUT2D eigenvalue weighted by molar-refractivity contribution is 5.94. The van der Waals surface area contributed by atoms with Crippen LogP contribution in [-0.2, 0) is 30.5 Å². The van der Waals surface area contributed by atoms with Gasteiger partial charge >= 0.3 is 0 Å². The number of rotatable bonds is 10. The van der Waals surface area contributed by atoms with Crippen LogP contribution in [0.2, 0.25) is 0 Å². The molecule has 0 fully saturated rings. The summed E-state index contributed by atoms with van der Waals surface area (Å²) in [6, 6.07) is 16.9. The third kappa shape index (κ3) is 5.63. The molecule has 40 heavy (non-hydrogen) atoms. The quantitative estimate of drug-likeness (QED) is 0.221. The van der Waals surface area contributed by atoms with Gasteiger partial charge in [-0.2, -0.15) is 0 Å². The Morgan fingerprint density at radius 2 is 1.15 bits per heavy atom. The summed E-state index contributed by atoms with van der Waals surface area (Å²) < 4.78 is 0. The first-order chi connectivity index (χ1) is 19.7. The first-order valence-electron chi connectivity index (χ1n) is 15.2. The van der Waals surface area contributed by atoms with E-state index < -0.39 is 0 Å². The normalized spacial score (nSPS) is 14.5. The Morgan fingerprint density at radius 1 is 0.700 bits per heavy atom. The van der Waals surface area contributed by atoms with Gasteiger partial charge in [-0.15, -0.1) is 0 Å². The molecule has 2 aromatic heterocycles. The van der Waals surface area contributed by atoms with E-state index in [1.807, 2.05) is 4.90 Å². The Hall–Kier alpha value is -3.67. The third-order valence-corrected chi connectivity index (χ3v) is 8.60. The first kappa shape index (κ1) is 26.5. The molecular weight excluding hydrogens is 494 g/mol. The number of carbonyl (C=O) groups excluding carboxylic acids is 1. The zero-order chi connectivity index (χ0) is 27.3. The molecule has 0 spiro atoms. The van der Waals surface area contributed by atoms with Crippen molar-refractivity contribution in [3.8, 4) is 0 Å². The van der Waals surface area contributed by atoms with Crippen molar-refractivity contribution in [3.63, 3.8) is 0 Å². The maximum absolute atomic E-state index is 12.5. The molecule has 6 rings (SSSR count). The van der Waals surface area contributed by atoms with E-state index in [0.29, 0.717) is 0 Å². The zero-order valence-electron chi connectivity index (χ0n) is 23.8. The zero-order valence-corrected chi connectivity index (χ0v) is 23.8. The molecule has 4 aromatic rings. The van der Waals surface area contributed by atoms with Gasteiger partial charge < -0.3 is 15.5 Å². The Bertz CT molecular complexity index is 1410. The van der Waals surface area contributed by atoms with E-state index in [9.17, 15) is 4.79 Å². The van der Waals surface area contributed by atoms with Crippen molar-refractivity contribution in [3.05, 3.63) is 71.0 Å². The molecule has 2 heterocycles. The molecule has 0 unspecified atom stereocenters. The minimum Gasteiger partial charge on any atom is -0.384 e. The Kier molecular flexibility index (Phi) is 8.12. The van der Waals surface area contributed by atoms with Gasteiger partial charge in [-0.1, -0.05) is 36.4 Å². The van der Waals surface area contributed by atoms with Gasteiger partial charge in [0.15, 0.2) is 0 Å². The molecule has 2 N–H and O–H groups in total. The van der Waals surface area contributed by atoms with Crippen LogP contribution >= 0.6 is 0 Å². The summed E-state index contributed by atoms with van der Waals surface area (Å²) in [6.07, 6.45) is 11.1. The molecule has 2 aromatic carbocycles. The molecule has 2 aliphatic rings. The van der Waals surface area contributed by atoms with Crippen LogP contribution in [0.1, 0.15) is 68.0 Å². The number of nitrogens with one attached hydrogen (secondary N) is 2. The number of nitrogens with zero attached hydrogens (tertiary/aromatic N) is 3. The van der Waals surface area contributed by atoms with Gasteiger partial charge in [0.25, 0.3) is 0 Å². The average molecular weight is 536 g/mol. The maximum Gasteiger partial charge on any atom is 0.219 e. The van der Waals surface area contributed by atoms with E-state index in [0.717, 1.165) is 75.7 Å². The van der Waals surface area contributed by atoms with E-state index in [2.05, 4.69) is 59.2 Å². The number of amides is 1. The molecule has 0 saturated heterocycles. The minimum absolute atomic E-state index is 0.151. The molecule has 1 amide bonds. The van der Waals surface area contributed by atoms with Crippen LogP contribution in [0.25, 0.3) is 21.8 Å². The molecule has 6 heteroatoms. The summed E-state index contributed by atoms with van der Waals surface area (Å²) in [5, 5.41) is 9.92. The molecule has 0 radical (unpaired) electrons. The fourth-order valence-corrected chi connectivity index (χ4v) is 6.54. The molecule has 0 atom stereocenters. The SMILES string of the molecule is CC(=O)N(CCCNc1c2c(nc3ccccc13)CCCC2)CCCNc1c2c(nc3ccccc13)CCCC2. The number of aryl methyl sites for hydroxylation is 2. The lowest BCUT2D eigenvalue weighted by molar-refractivity contribution is -0.128.